The third-order valence-corrected chi connectivity index (χ3v) is 6.02. The van der Waals surface area contributed by atoms with Crippen molar-refractivity contribution >= 4 is 28.9 Å². The number of allylic oxidation sites excluding steroid dienone is 1. The highest BCUT2D eigenvalue weighted by Gasteiger charge is 2.36. The average Bonchev–Trinajstić information content (AvgIpc) is 3.35. The molecule has 1 aliphatic heterocycles. The number of anilines is 1. The van der Waals surface area contributed by atoms with Crippen LogP contribution in [-0.4, -0.2) is 23.3 Å². The molecule has 1 N–H and O–H groups in total. The Morgan fingerprint density at radius 1 is 1.09 bits per heavy atom. The minimum atomic E-state index is -0.534. The molecule has 0 saturated carbocycles. The first kappa shape index (κ1) is 22.6. The van der Waals surface area contributed by atoms with E-state index in [0.29, 0.717) is 27.5 Å². The summed E-state index contributed by atoms with van der Waals surface area (Å²) in [6, 6.07) is 20.0. The second kappa shape index (κ2) is 9.23. The maximum Gasteiger partial charge on any atom is 0.326 e. The van der Waals surface area contributed by atoms with Crippen molar-refractivity contribution in [3.63, 3.8) is 0 Å². The Bertz CT molecular complexity index is 1420. The molecule has 7 nitrogen and oxygen atoms in total. The molecular weight excluding hydrogens is 471 g/mol. The van der Waals surface area contributed by atoms with Crippen molar-refractivity contribution < 1.29 is 18.4 Å². The number of methoxy groups -OCH3 is 1. The number of amides is 2. The van der Waals surface area contributed by atoms with Crippen LogP contribution in [0, 0.1) is 5.82 Å². The van der Waals surface area contributed by atoms with Gasteiger partial charge in [0.05, 0.1) is 24.4 Å². The molecule has 176 valence electrons. The van der Waals surface area contributed by atoms with E-state index < -0.39 is 11.9 Å². The zero-order valence-electron chi connectivity index (χ0n) is 18.8. The number of nitrogens with one attached hydrogen (secondary N) is 1. The fourth-order valence-corrected chi connectivity index (χ4v) is 4.20. The van der Waals surface area contributed by atoms with Crippen molar-refractivity contribution in [2.24, 2.45) is 0 Å². The number of hydrogen-bond donors (Lipinski definition) is 1. The number of halogens is 2. The molecule has 0 aliphatic carbocycles. The summed E-state index contributed by atoms with van der Waals surface area (Å²) in [7, 11) is 1.40. The van der Waals surface area contributed by atoms with Gasteiger partial charge in [-0.05, 0) is 55.0 Å². The van der Waals surface area contributed by atoms with Crippen LogP contribution < -0.4 is 15.0 Å². The molecule has 3 aromatic carbocycles. The highest BCUT2D eigenvalue weighted by Crippen LogP contribution is 2.39. The van der Waals surface area contributed by atoms with E-state index in [1.54, 1.807) is 30.3 Å². The van der Waals surface area contributed by atoms with Gasteiger partial charge in [-0.25, -0.2) is 9.18 Å². The van der Waals surface area contributed by atoms with Gasteiger partial charge in [-0.3, -0.25) is 4.90 Å². The molecule has 2 heterocycles. The van der Waals surface area contributed by atoms with Gasteiger partial charge in [0.2, 0.25) is 5.82 Å². The zero-order valence-corrected chi connectivity index (χ0v) is 19.6. The van der Waals surface area contributed by atoms with Gasteiger partial charge in [-0.1, -0.05) is 47.1 Å². The van der Waals surface area contributed by atoms with Crippen LogP contribution in [0.1, 0.15) is 24.4 Å². The minimum Gasteiger partial charge on any atom is -0.494 e. The number of benzene rings is 3. The van der Waals surface area contributed by atoms with Crippen LogP contribution >= 0.6 is 11.6 Å². The summed E-state index contributed by atoms with van der Waals surface area (Å²) in [6.45, 7) is 1.82. The number of urea groups is 1. The minimum absolute atomic E-state index is 0.119. The monoisotopic (exact) mass is 490 g/mol. The molecule has 0 fully saturated rings. The summed E-state index contributed by atoms with van der Waals surface area (Å²) in [5, 5.41) is 7.67. The lowest BCUT2D eigenvalue weighted by Gasteiger charge is -2.35. The first-order valence-electron chi connectivity index (χ1n) is 10.8. The van der Waals surface area contributed by atoms with Crippen molar-refractivity contribution in [1.82, 2.24) is 15.5 Å². The van der Waals surface area contributed by atoms with Crippen molar-refractivity contribution in [3.8, 4) is 17.1 Å². The quantitative estimate of drug-likeness (QED) is 0.358. The first-order chi connectivity index (χ1) is 17.0. The van der Waals surface area contributed by atoms with Crippen LogP contribution in [-0.2, 0) is 0 Å². The fourth-order valence-electron chi connectivity index (χ4n) is 4.07. The van der Waals surface area contributed by atoms with Crippen LogP contribution in [0.3, 0.4) is 0 Å². The molecule has 0 spiro atoms. The summed E-state index contributed by atoms with van der Waals surface area (Å²) in [5.74, 6) is 0.00617. The number of aromatic nitrogens is 2. The summed E-state index contributed by atoms with van der Waals surface area (Å²) in [6.07, 6.45) is 0. The lowest BCUT2D eigenvalue weighted by Crippen LogP contribution is -2.46. The topological polar surface area (TPSA) is 80.5 Å². The van der Waals surface area contributed by atoms with Gasteiger partial charge in [0.1, 0.15) is 0 Å². The van der Waals surface area contributed by atoms with Gasteiger partial charge in [0.25, 0.3) is 5.89 Å². The normalized spacial score (nSPS) is 15.8. The predicted molar refractivity (Wildman–Crippen MR) is 130 cm³/mol. The number of rotatable bonds is 5. The van der Waals surface area contributed by atoms with E-state index in [9.17, 15) is 9.18 Å². The van der Waals surface area contributed by atoms with Crippen molar-refractivity contribution in [2.75, 3.05) is 12.0 Å². The maximum atomic E-state index is 14.3. The summed E-state index contributed by atoms with van der Waals surface area (Å²) in [4.78, 5) is 19.3. The largest absolute Gasteiger partial charge is 0.494 e. The van der Waals surface area contributed by atoms with E-state index in [1.807, 2.05) is 37.3 Å². The molecule has 0 bridgehead atoms. The van der Waals surface area contributed by atoms with E-state index in [2.05, 4.69) is 15.5 Å². The van der Waals surface area contributed by atoms with E-state index in [1.165, 1.54) is 24.1 Å². The number of hydrogen-bond acceptors (Lipinski definition) is 5. The second-order valence-corrected chi connectivity index (χ2v) is 8.31. The second-order valence-electron chi connectivity index (χ2n) is 7.88. The molecule has 4 aromatic rings. The Hall–Kier alpha value is -4.17. The molecule has 0 saturated heterocycles. The van der Waals surface area contributed by atoms with Gasteiger partial charge in [-0.15, -0.1) is 0 Å². The van der Waals surface area contributed by atoms with E-state index in [0.717, 1.165) is 5.56 Å². The molecule has 1 aromatic heterocycles. The Kier molecular flexibility index (Phi) is 5.96. The van der Waals surface area contributed by atoms with Gasteiger partial charge < -0.3 is 14.6 Å². The van der Waals surface area contributed by atoms with Gasteiger partial charge >= 0.3 is 6.03 Å². The SMILES string of the molecule is COc1ccc(-c2noc(C3=C(C)N(c4ccc(Cl)cc4)C(=O)NC3c3ccccc3)n2)cc1F. The van der Waals surface area contributed by atoms with Crippen LogP contribution in [0.4, 0.5) is 14.9 Å². The number of nitrogens with zero attached hydrogens (tertiary/aromatic N) is 3. The van der Waals surface area contributed by atoms with Crippen molar-refractivity contribution in [1.29, 1.82) is 0 Å². The number of ether oxygens (including phenoxy) is 1. The molecule has 9 heteroatoms. The van der Waals surface area contributed by atoms with Crippen molar-refractivity contribution in [3.05, 3.63) is 101 Å². The molecule has 1 aliphatic rings. The van der Waals surface area contributed by atoms with Crippen LogP contribution in [0.5, 0.6) is 5.75 Å². The molecular formula is C26H20ClFN4O3. The van der Waals surface area contributed by atoms with Gasteiger partial charge in [0, 0.05) is 16.3 Å². The van der Waals surface area contributed by atoms with E-state index >= 15 is 0 Å². The Balaban J connectivity index is 1.63. The summed E-state index contributed by atoms with van der Waals surface area (Å²) >= 11 is 6.04. The van der Waals surface area contributed by atoms with Gasteiger partial charge in [-0.2, -0.15) is 4.98 Å². The Morgan fingerprint density at radius 2 is 1.83 bits per heavy atom. The third-order valence-electron chi connectivity index (χ3n) is 5.77. The van der Waals surface area contributed by atoms with Crippen LogP contribution in [0.25, 0.3) is 17.0 Å². The highest BCUT2D eigenvalue weighted by atomic mass is 35.5. The Labute approximate surface area is 205 Å². The zero-order chi connectivity index (χ0) is 24.5. The average molecular weight is 491 g/mol. The fraction of sp³-hybridized carbons (Fsp3) is 0.115. The predicted octanol–water partition coefficient (Wildman–Crippen LogP) is 6.24. The van der Waals surface area contributed by atoms with E-state index in [4.69, 9.17) is 20.9 Å². The molecule has 0 radical (unpaired) electrons. The standard InChI is InChI=1S/C26H20ClFN4O3/c1-15-22(25-30-24(31-35-25)17-8-13-21(34-2)20(28)14-17)23(16-6-4-3-5-7-16)29-26(33)32(15)19-11-9-18(27)10-12-19/h3-14,23H,1-2H3,(H,29,33). The summed E-state index contributed by atoms with van der Waals surface area (Å²) < 4.78 is 24.9. The lowest BCUT2D eigenvalue weighted by molar-refractivity contribution is 0.244. The Morgan fingerprint density at radius 3 is 2.51 bits per heavy atom. The van der Waals surface area contributed by atoms with Gasteiger partial charge in [0.15, 0.2) is 11.6 Å². The summed E-state index contributed by atoms with van der Waals surface area (Å²) in [5.41, 5.74) is 3.15. The number of carbonyl (C=O) groups excluding carboxylic acids is 1. The molecule has 1 atom stereocenters. The smallest absolute Gasteiger partial charge is 0.326 e. The lowest BCUT2D eigenvalue weighted by atomic mass is 9.94. The van der Waals surface area contributed by atoms with Crippen molar-refractivity contribution in [2.45, 2.75) is 13.0 Å². The highest BCUT2D eigenvalue weighted by molar-refractivity contribution is 6.30. The molecule has 5 rings (SSSR count). The van der Waals surface area contributed by atoms with E-state index in [-0.39, 0.29) is 23.5 Å². The maximum absolute atomic E-state index is 14.3. The number of carbonyl (C=O) groups is 1. The first-order valence-corrected chi connectivity index (χ1v) is 11.1. The van der Waals surface area contributed by atoms with Crippen LogP contribution in [0.15, 0.2) is 83.0 Å². The third kappa shape index (κ3) is 4.24. The molecule has 35 heavy (non-hydrogen) atoms. The molecule has 2 amide bonds. The molecule has 1 unspecified atom stereocenters. The van der Waals surface area contributed by atoms with Crippen LogP contribution in [0.2, 0.25) is 5.02 Å².